The summed E-state index contributed by atoms with van der Waals surface area (Å²) in [5, 5.41) is 3.54. The summed E-state index contributed by atoms with van der Waals surface area (Å²) in [6, 6.07) is 0.641. The highest BCUT2D eigenvalue weighted by atomic mass is 14.9. The highest BCUT2D eigenvalue weighted by molar-refractivity contribution is 5.92. The Hall–Kier alpha value is -1.34. The van der Waals surface area contributed by atoms with Gasteiger partial charge in [0.1, 0.15) is 0 Å². The van der Waals surface area contributed by atoms with E-state index in [2.05, 4.69) is 16.2 Å². The molecular weight excluding hydrogens is 186 g/mol. The molecule has 1 saturated carbocycles. The maximum atomic E-state index is 8.59. The number of allylic oxidation sites excluding steroid dienone is 3. The molecule has 80 valence electrons. The topological polar surface area (TPSA) is 48.4 Å². The lowest BCUT2D eigenvalue weighted by molar-refractivity contribution is -0.00542. The predicted molar refractivity (Wildman–Crippen MR) is 60.5 cm³/mol. The predicted octanol–water partition coefficient (Wildman–Crippen LogP) is 2.42. The molecule has 1 N–H and O–H groups in total. The van der Waals surface area contributed by atoms with Crippen LogP contribution < -0.4 is 5.32 Å². The molecule has 2 aliphatic rings. The van der Waals surface area contributed by atoms with Crippen molar-refractivity contribution < 1.29 is 4.79 Å². The summed E-state index contributed by atoms with van der Waals surface area (Å²) < 4.78 is 0. The average molecular weight is 203 g/mol. The van der Waals surface area contributed by atoms with E-state index >= 15 is 0 Å². The van der Waals surface area contributed by atoms with Gasteiger partial charge in [-0.15, -0.1) is 0 Å². The van der Waals surface area contributed by atoms with Gasteiger partial charge in [-0.3, -0.25) is 0 Å². The Balaban J connectivity index is 1.88. The molecule has 0 aromatic rings. The van der Waals surface area contributed by atoms with Crippen LogP contribution in [0.4, 0.5) is 0 Å². The first-order valence-electron chi connectivity index (χ1n) is 5.74. The second-order valence-electron chi connectivity index (χ2n) is 4.27. The maximum absolute atomic E-state index is 8.59. The summed E-state index contributed by atoms with van der Waals surface area (Å²) in [6.45, 7) is 0. The quantitative estimate of drug-likeness (QED) is 0.543. The number of hydrogen-bond acceptors (Lipinski definition) is 1. The van der Waals surface area contributed by atoms with E-state index in [-0.39, 0.29) is 0 Å². The van der Waals surface area contributed by atoms with E-state index < -0.39 is 0 Å². The van der Waals surface area contributed by atoms with Gasteiger partial charge in [-0.1, -0.05) is 19.3 Å². The van der Waals surface area contributed by atoms with Crippen LogP contribution >= 0.6 is 0 Å². The number of nitrogens with one attached hydrogen (secondary N) is 1. The van der Waals surface area contributed by atoms with Gasteiger partial charge in [0.25, 0.3) is 5.71 Å². The van der Waals surface area contributed by atoms with E-state index in [9.17, 15) is 0 Å². The summed E-state index contributed by atoms with van der Waals surface area (Å²) in [4.78, 5) is 3.19. The first kappa shape index (κ1) is 10.2. The summed E-state index contributed by atoms with van der Waals surface area (Å²) in [5.41, 5.74) is 10.5. The first-order chi connectivity index (χ1) is 7.38. The van der Waals surface area contributed by atoms with Crippen LogP contribution in [0.2, 0.25) is 0 Å². The number of hydrogen-bond donors (Lipinski definition) is 1. The van der Waals surface area contributed by atoms with Crippen molar-refractivity contribution in [2.75, 3.05) is 0 Å². The smallest absolute Gasteiger partial charge is 0.295 e. The van der Waals surface area contributed by atoms with Crippen molar-refractivity contribution in [1.82, 2.24) is 5.32 Å². The molecule has 0 heterocycles. The molecule has 15 heavy (non-hydrogen) atoms. The third-order valence-electron chi connectivity index (χ3n) is 3.09. The summed E-state index contributed by atoms with van der Waals surface area (Å²) in [5.74, 6) is 0. The Bertz CT molecular complexity index is 329. The van der Waals surface area contributed by atoms with Crippen molar-refractivity contribution >= 4 is 5.71 Å². The molecule has 3 nitrogen and oxygen atoms in total. The molecule has 3 heteroatoms. The molecule has 0 aliphatic heterocycles. The average Bonchev–Trinajstić information content (AvgIpc) is 2.31. The molecule has 0 radical (unpaired) electrons. The second kappa shape index (κ2) is 4.94. The van der Waals surface area contributed by atoms with E-state index in [0.29, 0.717) is 6.04 Å². The summed E-state index contributed by atoms with van der Waals surface area (Å²) in [6.07, 6.45) is 13.3. The standard InChI is InChI=1S/C12H17N3/c13-15-12-8-6-11(7-9-12)14-10-4-2-1-3-5-10/h6-8,10,14H,1-5,9H2. The Morgan fingerprint density at radius 3 is 2.60 bits per heavy atom. The maximum Gasteiger partial charge on any atom is 0.295 e. The van der Waals surface area contributed by atoms with Gasteiger partial charge in [0.15, 0.2) is 0 Å². The highest BCUT2D eigenvalue weighted by Gasteiger charge is 2.15. The van der Waals surface area contributed by atoms with Crippen molar-refractivity contribution in [1.29, 1.82) is 0 Å². The van der Waals surface area contributed by atoms with Crippen LogP contribution in [0.15, 0.2) is 23.9 Å². The zero-order valence-electron chi connectivity index (χ0n) is 8.95. The molecule has 0 saturated heterocycles. The second-order valence-corrected chi connectivity index (χ2v) is 4.27. The van der Waals surface area contributed by atoms with Gasteiger partial charge in [0.2, 0.25) is 0 Å². The van der Waals surface area contributed by atoms with Gasteiger partial charge < -0.3 is 10.8 Å². The fraction of sp³-hybridized carbons (Fsp3) is 0.583. The van der Waals surface area contributed by atoms with Gasteiger partial charge >= 0.3 is 0 Å². The lowest BCUT2D eigenvalue weighted by Gasteiger charge is -2.24. The third-order valence-corrected chi connectivity index (χ3v) is 3.09. The molecule has 0 amide bonds. The van der Waals surface area contributed by atoms with Crippen LogP contribution in [-0.4, -0.2) is 16.5 Å². The van der Waals surface area contributed by atoms with Crippen molar-refractivity contribution in [2.24, 2.45) is 0 Å². The van der Waals surface area contributed by atoms with Crippen LogP contribution in [0, 0.1) is 0 Å². The SMILES string of the molecule is [N-]=[N+]=C1C=CC(NC2CCCCC2)=CC1. The van der Waals surface area contributed by atoms with E-state index in [0.717, 1.165) is 12.1 Å². The molecule has 0 atom stereocenters. The molecule has 0 bridgehead atoms. The van der Waals surface area contributed by atoms with Crippen molar-refractivity contribution in [2.45, 2.75) is 44.6 Å². The third kappa shape index (κ3) is 2.80. The van der Waals surface area contributed by atoms with Crippen molar-refractivity contribution in [3.05, 3.63) is 29.5 Å². The van der Waals surface area contributed by atoms with Gasteiger partial charge in [0, 0.05) is 17.8 Å². The minimum Gasteiger partial charge on any atom is -0.383 e. The molecular formula is C12H17N3. The monoisotopic (exact) mass is 203 g/mol. The summed E-state index contributed by atoms with van der Waals surface area (Å²) in [7, 11) is 0. The number of rotatable bonds is 2. The number of nitrogens with zero attached hydrogens (tertiary/aromatic N) is 2. The van der Waals surface area contributed by atoms with Crippen molar-refractivity contribution in [3.8, 4) is 0 Å². The molecule has 1 fully saturated rings. The highest BCUT2D eigenvalue weighted by Crippen LogP contribution is 2.19. The Kier molecular flexibility index (Phi) is 3.36. The van der Waals surface area contributed by atoms with Crippen LogP contribution in [0.25, 0.3) is 5.53 Å². The summed E-state index contributed by atoms with van der Waals surface area (Å²) >= 11 is 0. The minimum atomic E-state index is 0.641. The zero-order valence-corrected chi connectivity index (χ0v) is 8.95. The van der Waals surface area contributed by atoms with E-state index in [1.165, 1.54) is 37.8 Å². The molecule has 0 unspecified atom stereocenters. The van der Waals surface area contributed by atoms with Gasteiger partial charge in [-0.05, 0) is 25.0 Å². The van der Waals surface area contributed by atoms with Gasteiger partial charge in [-0.2, -0.15) is 4.79 Å². The van der Waals surface area contributed by atoms with E-state index in [1.807, 2.05) is 12.2 Å². The van der Waals surface area contributed by atoms with Crippen LogP contribution in [0.1, 0.15) is 38.5 Å². The fourth-order valence-corrected chi connectivity index (χ4v) is 2.20. The molecule has 2 aliphatic carbocycles. The minimum absolute atomic E-state index is 0.641. The Morgan fingerprint density at radius 1 is 1.20 bits per heavy atom. The Morgan fingerprint density at radius 2 is 2.00 bits per heavy atom. The normalized spacial score (nSPS) is 22.1. The van der Waals surface area contributed by atoms with E-state index in [1.54, 1.807) is 0 Å². The molecule has 0 aromatic heterocycles. The van der Waals surface area contributed by atoms with Gasteiger partial charge in [0.05, 0.1) is 6.42 Å². The van der Waals surface area contributed by atoms with Gasteiger partial charge in [-0.25, -0.2) is 0 Å². The molecule has 2 rings (SSSR count). The lowest BCUT2D eigenvalue weighted by Crippen LogP contribution is -2.30. The van der Waals surface area contributed by atoms with Crippen LogP contribution in [0.3, 0.4) is 0 Å². The largest absolute Gasteiger partial charge is 0.383 e. The van der Waals surface area contributed by atoms with Crippen LogP contribution in [-0.2, 0) is 0 Å². The lowest BCUT2D eigenvalue weighted by atomic mass is 9.95. The van der Waals surface area contributed by atoms with Crippen molar-refractivity contribution in [3.63, 3.8) is 0 Å². The van der Waals surface area contributed by atoms with E-state index in [4.69, 9.17) is 5.53 Å². The first-order valence-corrected chi connectivity index (χ1v) is 5.74. The fourth-order valence-electron chi connectivity index (χ4n) is 2.20. The van der Waals surface area contributed by atoms with Crippen LogP contribution in [0.5, 0.6) is 0 Å². The molecule has 0 aromatic carbocycles. The molecule has 0 spiro atoms. The zero-order chi connectivity index (χ0) is 10.5. The Labute approximate surface area is 90.5 Å².